The summed E-state index contributed by atoms with van der Waals surface area (Å²) in [6.07, 6.45) is 4.65. The molecular weight excluding hydrogens is 249 g/mol. The number of hydrogen-bond acceptors (Lipinski definition) is 4. The van der Waals surface area contributed by atoms with Crippen LogP contribution in [0.1, 0.15) is 29.5 Å². The van der Waals surface area contributed by atoms with E-state index in [1.165, 1.54) is 23.6 Å². The SMILES string of the molecule is CNC1CCCc2sc(-c3ccc(F)cn3)nc21. The Balaban J connectivity index is 1.99. The Morgan fingerprint density at radius 2 is 2.33 bits per heavy atom. The van der Waals surface area contributed by atoms with Crippen LogP contribution in [0.4, 0.5) is 4.39 Å². The monoisotopic (exact) mass is 263 g/mol. The molecular formula is C13H14FN3S. The van der Waals surface area contributed by atoms with Crippen LogP contribution in [-0.4, -0.2) is 17.0 Å². The Morgan fingerprint density at radius 3 is 3.06 bits per heavy atom. The van der Waals surface area contributed by atoms with Gasteiger partial charge in [-0.25, -0.2) is 9.37 Å². The Hall–Kier alpha value is -1.33. The number of nitrogens with zero attached hydrogens (tertiary/aromatic N) is 2. The predicted octanol–water partition coefficient (Wildman–Crippen LogP) is 2.94. The van der Waals surface area contributed by atoms with E-state index >= 15 is 0 Å². The molecule has 0 amide bonds. The number of thiazole rings is 1. The Bertz CT molecular complexity index is 550. The van der Waals surface area contributed by atoms with E-state index in [1.807, 2.05) is 7.05 Å². The van der Waals surface area contributed by atoms with Crippen molar-refractivity contribution in [1.29, 1.82) is 0 Å². The first-order valence-corrected chi connectivity index (χ1v) is 6.88. The number of aromatic nitrogens is 2. The zero-order valence-electron chi connectivity index (χ0n) is 10.1. The van der Waals surface area contributed by atoms with E-state index in [0.29, 0.717) is 6.04 Å². The van der Waals surface area contributed by atoms with Crippen LogP contribution < -0.4 is 5.32 Å². The third kappa shape index (κ3) is 2.04. The molecule has 1 N–H and O–H groups in total. The fourth-order valence-corrected chi connectivity index (χ4v) is 3.45. The Kier molecular flexibility index (Phi) is 3.09. The summed E-state index contributed by atoms with van der Waals surface area (Å²) < 4.78 is 12.9. The first-order chi connectivity index (χ1) is 8.78. The van der Waals surface area contributed by atoms with Crippen LogP contribution in [0.25, 0.3) is 10.7 Å². The van der Waals surface area contributed by atoms with Crippen molar-refractivity contribution in [3.05, 3.63) is 34.7 Å². The smallest absolute Gasteiger partial charge is 0.142 e. The van der Waals surface area contributed by atoms with Crippen molar-refractivity contribution < 1.29 is 4.39 Å². The molecule has 0 spiro atoms. The second-order valence-electron chi connectivity index (χ2n) is 4.42. The van der Waals surface area contributed by atoms with Gasteiger partial charge in [0.25, 0.3) is 0 Å². The second kappa shape index (κ2) is 4.74. The van der Waals surface area contributed by atoms with Crippen molar-refractivity contribution in [2.24, 2.45) is 0 Å². The van der Waals surface area contributed by atoms with E-state index in [-0.39, 0.29) is 5.82 Å². The molecule has 1 aliphatic carbocycles. The third-order valence-electron chi connectivity index (χ3n) is 3.25. The molecule has 0 radical (unpaired) electrons. The highest BCUT2D eigenvalue weighted by Gasteiger charge is 2.24. The number of rotatable bonds is 2. The molecule has 0 aromatic carbocycles. The quantitative estimate of drug-likeness (QED) is 0.905. The lowest BCUT2D eigenvalue weighted by molar-refractivity contribution is 0.490. The van der Waals surface area contributed by atoms with Gasteiger partial charge >= 0.3 is 0 Å². The molecule has 18 heavy (non-hydrogen) atoms. The van der Waals surface area contributed by atoms with E-state index < -0.39 is 0 Å². The average Bonchev–Trinajstić information content (AvgIpc) is 2.83. The van der Waals surface area contributed by atoms with Gasteiger partial charge in [-0.3, -0.25) is 4.98 Å². The summed E-state index contributed by atoms with van der Waals surface area (Å²) >= 11 is 1.68. The molecule has 0 saturated carbocycles. The van der Waals surface area contributed by atoms with Gasteiger partial charge in [-0.2, -0.15) is 0 Å². The topological polar surface area (TPSA) is 37.8 Å². The molecule has 1 atom stereocenters. The maximum absolute atomic E-state index is 12.9. The van der Waals surface area contributed by atoms with Gasteiger partial charge in [0.05, 0.1) is 23.6 Å². The summed E-state index contributed by atoms with van der Waals surface area (Å²) in [4.78, 5) is 10.1. The van der Waals surface area contributed by atoms with Gasteiger partial charge in [0.15, 0.2) is 0 Å². The minimum Gasteiger partial charge on any atom is -0.312 e. The van der Waals surface area contributed by atoms with E-state index in [2.05, 4.69) is 15.3 Å². The molecule has 5 heteroatoms. The fourth-order valence-electron chi connectivity index (χ4n) is 2.31. The van der Waals surface area contributed by atoms with Gasteiger partial charge in [0, 0.05) is 4.88 Å². The average molecular weight is 263 g/mol. The maximum Gasteiger partial charge on any atom is 0.142 e. The van der Waals surface area contributed by atoms with Crippen LogP contribution in [0.5, 0.6) is 0 Å². The molecule has 0 aliphatic heterocycles. The van der Waals surface area contributed by atoms with Crippen molar-refractivity contribution >= 4 is 11.3 Å². The van der Waals surface area contributed by atoms with Crippen LogP contribution in [0.3, 0.4) is 0 Å². The van der Waals surface area contributed by atoms with Crippen molar-refractivity contribution in [2.45, 2.75) is 25.3 Å². The maximum atomic E-state index is 12.9. The predicted molar refractivity (Wildman–Crippen MR) is 70.0 cm³/mol. The summed E-state index contributed by atoms with van der Waals surface area (Å²) in [6.45, 7) is 0. The van der Waals surface area contributed by atoms with E-state index in [9.17, 15) is 4.39 Å². The lowest BCUT2D eigenvalue weighted by Gasteiger charge is -2.19. The van der Waals surface area contributed by atoms with Gasteiger partial charge in [-0.05, 0) is 38.4 Å². The summed E-state index contributed by atoms with van der Waals surface area (Å²) in [5.74, 6) is -0.312. The summed E-state index contributed by atoms with van der Waals surface area (Å²) in [7, 11) is 1.97. The Morgan fingerprint density at radius 1 is 1.44 bits per heavy atom. The standard InChI is InChI=1S/C13H14FN3S/c1-15-9-3-2-4-11-12(9)17-13(18-11)10-6-5-8(14)7-16-10/h5-7,9,15H,2-4H2,1H3. The number of halogens is 1. The number of fused-ring (bicyclic) bond motifs is 1. The summed E-state index contributed by atoms with van der Waals surface area (Å²) in [6, 6.07) is 3.46. The minimum absolute atomic E-state index is 0.312. The van der Waals surface area contributed by atoms with Gasteiger partial charge in [-0.15, -0.1) is 11.3 Å². The highest BCUT2D eigenvalue weighted by Crippen LogP contribution is 2.36. The molecule has 2 heterocycles. The zero-order valence-corrected chi connectivity index (χ0v) is 10.9. The van der Waals surface area contributed by atoms with Gasteiger partial charge in [0.1, 0.15) is 10.8 Å². The highest BCUT2D eigenvalue weighted by atomic mass is 32.1. The molecule has 94 valence electrons. The molecule has 1 unspecified atom stereocenters. The number of hydrogen-bond donors (Lipinski definition) is 1. The van der Waals surface area contributed by atoms with Gasteiger partial charge in [-0.1, -0.05) is 0 Å². The van der Waals surface area contributed by atoms with Crippen LogP contribution in [0.15, 0.2) is 18.3 Å². The van der Waals surface area contributed by atoms with Crippen molar-refractivity contribution in [2.75, 3.05) is 7.05 Å². The van der Waals surface area contributed by atoms with Gasteiger partial charge in [0.2, 0.25) is 0 Å². The van der Waals surface area contributed by atoms with Gasteiger partial charge < -0.3 is 5.32 Å². The summed E-state index contributed by atoms with van der Waals surface area (Å²) in [5, 5.41) is 4.19. The normalized spacial score (nSPS) is 18.7. The van der Waals surface area contributed by atoms with Crippen molar-refractivity contribution in [3.63, 3.8) is 0 Å². The number of pyridine rings is 1. The largest absolute Gasteiger partial charge is 0.312 e. The molecule has 1 aliphatic rings. The fraction of sp³-hybridized carbons (Fsp3) is 0.385. The molecule has 0 saturated heterocycles. The summed E-state index contributed by atoms with van der Waals surface area (Å²) in [5.41, 5.74) is 1.90. The molecule has 0 fully saturated rings. The first-order valence-electron chi connectivity index (χ1n) is 6.06. The van der Waals surface area contributed by atoms with Crippen LogP contribution in [-0.2, 0) is 6.42 Å². The second-order valence-corrected chi connectivity index (χ2v) is 5.51. The lowest BCUT2D eigenvalue weighted by Crippen LogP contribution is -2.21. The first kappa shape index (κ1) is 11.7. The molecule has 3 nitrogen and oxygen atoms in total. The zero-order chi connectivity index (χ0) is 12.5. The van der Waals surface area contributed by atoms with E-state index in [1.54, 1.807) is 17.4 Å². The van der Waals surface area contributed by atoms with Crippen LogP contribution >= 0.6 is 11.3 Å². The minimum atomic E-state index is -0.312. The lowest BCUT2D eigenvalue weighted by atomic mass is 9.98. The van der Waals surface area contributed by atoms with E-state index in [4.69, 9.17) is 0 Å². The number of nitrogens with one attached hydrogen (secondary N) is 1. The van der Waals surface area contributed by atoms with E-state index in [0.717, 1.165) is 29.2 Å². The Labute approximate surface area is 109 Å². The number of aryl methyl sites for hydroxylation is 1. The van der Waals surface area contributed by atoms with Crippen LogP contribution in [0, 0.1) is 5.82 Å². The van der Waals surface area contributed by atoms with Crippen LogP contribution in [0.2, 0.25) is 0 Å². The molecule has 3 rings (SSSR count). The van der Waals surface area contributed by atoms with Crippen molar-refractivity contribution in [3.8, 4) is 10.7 Å². The molecule has 0 bridgehead atoms. The van der Waals surface area contributed by atoms with Crippen molar-refractivity contribution in [1.82, 2.24) is 15.3 Å². The third-order valence-corrected chi connectivity index (χ3v) is 4.40. The molecule has 2 aromatic rings. The molecule has 2 aromatic heterocycles. The highest BCUT2D eigenvalue weighted by molar-refractivity contribution is 7.15.